The fourth-order valence-corrected chi connectivity index (χ4v) is 3.98. The van der Waals surface area contributed by atoms with Crippen LogP contribution in [0.3, 0.4) is 0 Å². The molecular formula is C20H23F2N5O3. The lowest BCUT2D eigenvalue weighted by Crippen LogP contribution is -2.51. The first-order valence-electron chi connectivity index (χ1n) is 9.95. The summed E-state index contributed by atoms with van der Waals surface area (Å²) in [4.78, 5) is 6.55. The van der Waals surface area contributed by atoms with Crippen molar-refractivity contribution in [3.63, 3.8) is 0 Å². The molecule has 2 bridgehead atoms. The van der Waals surface area contributed by atoms with Crippen LogP contribution in [-0.4, -0.2) is 56.8 Å². The van der Waals surface area contributed by atoms with Crippen molar-refractivity contribution in [1.82, 2.24) is 20.1 Å². The number of piperazine rings is 1. The van der Waals surface area contributed by atoms with Crippen molar-refractivity contribution in [2.75, 3.05) is 18.0 Å². The molecule has 2 N–H and O–H groups in total. The molecule has 2 saturated heterocycles. The molecule has 1 aromatic carbocycles. The fourth-order valence-electron chi connectivity index (χ4n) is 3.98. The van der Waals surface area contributed by atoms with Crippen LogP contribution in [0.1, 0.15) is 26.7 Å². The van der Waals surface area contributed by atoms with Gasteiger partial charge in [0.2, 0.25) is 0 Å². The molecule has 2 unspecified atom stereocenters. The van der Waals surface area contributed by atoms with Crippen molar-refractivity contribution in [1.29, 1.82) is 0 Å². The van der Waals surface area contributed by atoms with Gasteiger partial charge in [0.15, 0.2) is 22.5 Å². The topological polar surface area (TPSA) is 88.6 Å². The van der Waals surface area contributed by atoms with Crippen LogP contribution in [0.15, 0.2) is 35.0 Å². The maximum Gasteiger partial charge on any atom is 0.426 e. The quantitative estimate of drug-likeness (QED) is 0.657. The van der Waals surface area contributed by atoms with Gasteiger partial charge in [0, 0.05) is 37.6 Å². The average molecular weight is 419 g/mol. The summed E-state index contributed by atoms with van der Waals surface area (Å²) in [6.45, 7) is 3.45. The van der Waals surface area contributed by atoms with Crippen molar-refractivity contribution < 1.29 is 23.0 Å². The minimum absolute atomic E-state index is 0.160. The van der Waals surface area contributed by atoms with Crippen molar-refractivity contribution in [3.8, 4) is 11.4 Å². The molecule has 2 aliphatic rings. The number of ether oxygens (including phenoxy) is 1. The summed E-state index contributed by atoms with van der Waals surface area (Å²) in [6.07, 6.45) is 1.70. The Bertz CT molecular complexity index is 1050. The molecule has 2 aliphatic heterocycles. The Morgan fingerprint density at radius 2 is 1.97 bits per heavy atom. The van der Waals surface area contributed by atoms with Gasteiger partial charge in [0.05, 0.1) is 0 Å². The first kappa shape index (κ1) is 19.3. The molecule has 30 heavy (non-hydrogen) atoms. The summed E-state index contributed by atoms with van der Waals surface area (Å²) in [5.41, 5.74) is -1.35. The first-order chi connectivity index (χ1) is 14.2. The summed E-state index contributed by atoms with van der Waals surface area (Å²) in [5.74, 6) is -0.166. The summed E-state index contributed by atoms with van der Waals surface area (Å²) in [7, 11) is 0. The number of hydrogen-bond donors (Lipinski definition) is 2. The molecule has 5 rings (SSSR count). The third-order valence-electron chi connectivity index (χ3n) is 5.66. The zero-order chi connectivity index (χ0) is 21.1. The zero-order valence-corrected chi connectivity index (χ0v) is 16.7. The molecule has 160 valence electrons. The van der Waals surface area contributed by atoms with Crippen LogP contribution in [0.5, 0.6) is 5.75 Å². The second-order valence-electron chi connectivity index (χ2n) is 8.43. The SMILES string of the molecule is CC(C)(O)C(F)(F)Oc1ccc(-n2cccn2)c2oc(N3CC4CCC(C3)N4)nc12. The van der Waals surface area contributed by atoms with E-state index in [4.69, 9.17) is 9.15 Å². The fraction of sp³-hybridized carbons (Fsp3) is 0.500. The Labute approximate surface area is 171 Å². The molecular weight excluding hydrogens is 396 g/mol. The van der Waals surface area contributed by atoms with E-state index in [2.05, 4.69) is 15.4 Å². The highest BCUT2D eigenvalue weighted by Crippen LogP contribution is 2.39. The number of rotatable bonds is 5. The zero-order valence-electron chi connectivity index (χ0n) is 16.7. The van der Waals surface area contributed by atoms with Gasteiger partial charge >= 0.3 is 6.11 Å². The van der Waals surface area contributed by atoms with E-state index in [1.54, 1.807) is 29.2 Å². The maximum atomic E-state index is 14.4. The second kappa shape index (κ2) is 6.64. The van der Waals surface area contributed by atoms with Gasteiger partial charge in [0.1, 0.15) is 5.69 Å². The van der Waals surface area contributed by atoms with Crippen molar-refractivity contribution in [3.05, 3.63) is 30.6 Å². The van der Waals surface area contributed by atoms with Crippen LogP contribution in [-0.2, 0) is 0 Å². The van der Waals surface area contributed by atoms with E-state index in [1.165, 1.54) is 6.07 Å². The summed E-state index contributed by atoms with van der Waals surface area (Å²) in [6, 6.07) is 5.82. The summed E-state index contributed by atoms with van der Waals surface area (Å²) in [5, 5.41) is 17.6. The van der Waals surface area contributed by atoms with Gasteiger partial charge in [-0.15, -0.1) is 0 Å². The van der Waals surface area contributed by atoms with Crippen LogP contribution >= 0.6 is 0 Å². The van der Waals surface area contributed by atoms with Gasteiger partial charge in [-0.1, -0.05) is 0 Å². The van der Waals surface area contributed by atoms with Crippen LogP contribution < -0.4 is 15.0 Å². The molecule has 3 aromatic rings. The molecule has 2 fully saturated rings. The molecule has 8 nitrogen and oxygen atoms in total. The van der Waals surface area contributed by atoms with E-state index in [0.717, 1.165) is 39.8 Å². The molecule has 10 heteroatoms. The second-order valence-corrected chi connectivity index (χ2v) is 8.43. The largest absolute Gasteiger partial charge is 0.428 e. The van der Waals surface area contributed by atoms with Crippen molar-refractivity contribution in [2.45, 2.75) is 50.5 Å². The lowest BCUT2D eigenvalue weighted by Gasteiger charge is -2.31. The van der Waals surface area contributed by atoms with Gasteiger partial charge in [0.25, 0.3) is 6.01 Å². The summed E-state index contributed by atoms with van der Waals surface area (Å²) >= 11 is 0. The number of nitrogens with zero attached hydrogens (tertiary/aromatic N) is 4. The van der Waals surface area contributed by atoms with E-state index < -0.39 is 11.7 Å². The lowest BCUT2D eigenvalue weighted by molar-refractivity contribution is -0.275. The molecule has 0 aliphatic carbocycles. The minimum Gasteiger partial charge on any atom is -0.428 e. The molecule has 4 heterocycles. The van der Waals surface area contributed by atoms with Gasteiger partial charge < -0.3 is 24.5 Å². The van der Waals surface area contributed by atoms with E-state index in [9.17, 15) is 13.9 Å². The third kappa shape index (κ3) is 3.20. The van der Waals surface area contributed by atoms with Crippen LogP contribution in [0.2, 0.25) is 0 Å². The first-order valence-corrected chi connectivity index (χ1v) is 9.95. The van der Waals surface area contributed by atoms with Crippen molar-refractivity contribution in [2.24, 2.45) is 0 Å². The summed E-state index contributed by atoms with van der Waals surface area (Å²) < 4.78 is 41.4. The van der Waals surface area contributed by atoms with E-state index in [1.807, 2.05) is 4.90 Å². The van der Waals surface area contributed by atoms with Crippen LogP contribution in [0.25, 0.3) is 16.8 Å². The Morgan fingerprint density at radius 3 is 2.60 bits per heavy atom. The Kier molecular flexibility index (Phi) is 4.26. The van der Waals surface area contributed by atoms with Gasteiger partial charge in [-0.2, -0.15) is 18.9 Å². The number of anilines is 1. The molecule has 0 saturated carbocycles. The van der Waals surface area contributed by atoms with Gasteiger partial charge in [-0.05, 0) is 44.9 Å². The number of nitrogens with one attached hydrogen (secondary N) is 1. The number of hydrogen-bond acceptors (Lipinski definition) is 7. The van der Waals surface area contributed by atoms with E-state index >= 15 is 0 Å². The number of halogens is 2. The van der Waals surface area contributed by atoms with E-state index in [0.29, 0.717) is 29.4 Å². The maximum absolute atomic E-state index is 14.4. The van der Waals surface area contributed by atoms with Crippen LogP contribution in [0, 0.1) is 0 Å². The Balaban J connectivity index is 1.60. The highest BCUT2D eigenvalue weighted by Gasteiger charge is 2.49. The number of alkyl halides is 2. The normalized spacial score (nSPS) is 22.1. The van der Waals surface area contributed by atoms with Crippen molar-refractivity contribution >= 4 is 17.1 Å². The predicted octanol–water partition coefficient (Wildman–Crippen LogP) is 2.70. The van der Waals surface area contributed by atoms with Gasteiger partial charge in [-0.3, -0.25) is 0 Å². The molecule has 0 spiro atoms. The number of oxazole rings is 1. The Morgan fingerprint density at radius 1 is 1.23 bits per heavy atom. The third-order valence-corrected chi connectivity index (χ3v) is 5.66. The molecule has 2 aromatic heterocycles. The standard InChI is InChI=1S/C20H23F2N5O3/c1-19(2,28)20(21,22)30-15-7-6-14(27-9-3-8-23-27)17-16(15)25-18(29-17)26-10-12-4-5-13(11-26)24-12/h3,6-9,12-13,24,28H,4-5,10-11H2,1-2H3. The predicted molar refractivity (Wildman–Crippen MR) is 105 cm³/mol. The number of fused-ring (bicyclic) bond motifs is 3. The number of aliphatic hydroxyl groups is 1. The lowest BCUT2D eigenvalue weighted by atomic mass is 10.1. The van der Waals surface area contributed by atoms with Gasteiger partial charge in [-0.25, -0.2) is 4.68 Å². The number of aromatic nitrogens is 3. The monoisotopic (exact) mass is 419 g/mol. The molecule has 0 radical (unpaired) electrons. The minimum atomic E-state index is -3.82. The smallest absolute Gasteiger partial charge is 0.426 e. The Hall–Kier alpha value is -2.72. The highest BCUT2D eigenvalue weighted by atomic mass is 19.3. The average Bonchev–Trinajstić information content (AvgIpc) is 3.41. The number of benzene rings is 1. The molecule has 0 amide bonds. The van der Waals surface area contributed by atoms with E-state index in [-0.39, 0.29) is 11.3 Å². The van der Waals surface area contributed by atoms with Crippen LogP contribution in [0.4, 0.5) is 14.8 Å². The molecule has 2 atom stereocenters. The highest BCUT2D eigenvalue weighted by molar-refractivity contribution is 5.88.